The molecule has 0 atom stereocenters. The molecule has 0 saturated heterocycles. The highest BCUT2D eigenvalue weighted by Crippen LogP contribution is 2.28. The molecule has 1 heterocycles. The molecule has 0 spiro atoms. The molecule has 1 aromatic carbocycles. The fourth-order valence-corrected chi connectivity index (χ4v) is 2.73. The second-order valence-electron chi connectivity index (χ2n) is 3.55. The molecule has 0 fully saturated rings. The SMILES string of the molecule is Cc1nc(CSc2ccccc2Br)ncc1N. The minimum Gasteiger partial charge on any atom is -0.396 e. The Balaban J connectivity index is 2.08. The molecule has 2 rings (SSSR count). The van der Waals surface area contributed by atoms with Crippen molar-refractivity contribution in [1.29, 1.82) is 0 Å². The van der Waals surface area contributed by atoms with Gasteiger partial charge in [-0.15, -0.1) is 11.8 Å². The standard InChI is InChI=1S/C12H12BrN3S/c1-8-10(14)6-15-12(16-8)7-17-11-5-3-2-4-9(11)13/h2-6H,7,14H2,1H3. The maximum atomic E-state index is 5.68. The lowest BCUT2D eigenvalue weighted by molar-refractivity contribution is 1.00. The van der Waals surface area contributed by atoms with Gasteiger partial charge in [0.05, 0.1) is 23.3 Å². The number of anilines is 1. The predicted molar refractivity (Wildman–Crippen MR) is 74.9 cm³/mol. The molecular formula is C12H12BrN3S. The molecule has 0 saturated carbocycles. The summed E-state index contributed by atoms with van der Waals surface area (Å²) in [5, 5.41) is 0. The number of rotatable bonds is 3. The van der Waals surface area contributed by atoms with Crippen LogP contribution in [0.2, 0.25) is 0 Å². The van der Waals surface area contributed by atoms with Crippen molar-refractivity contribution in [2.45, 2.75) is 17.6 Å². The molecule has 3 nitrogen and oxygen atoms in total. The normalized spacial score (nSPS) is 10.5. The molecule has 2 N–H and O–H groups in total. The molecular weight excluding hydrogens is 298 g/mol. The van der Waals surface area contributed by atoms with Crippen LogP contribution in [0.3, 0.4) is 0 Å². The highest BCUT2D eigenvalue weighted by atomic mass is 79.9. The van der Waals surface area contributed by atoms with E-state index in [0.717, 1.165) is 21.7 Å². The maximum Gasteiger partial charge on any atom is 0.138 e. The minimum absolute atomic E-state index is 0.639. The van der Waals surface area contributed by atoms with Gasteiger partial charge in [0.1, 0.15) is 5.82 Å². The van der Waals surface area contributed by atoms with Crippen molar-refractivity contribution in [1.82, 2.24) is 9.97 Å². The predicted octanol–water partition coefficient (Wildman–Crippen LogP) is 3.42. The molecule has 17 heavy (non-hydrogen) atoms. The van der Waals surface area contributed by atoms with Gasteiger partial charge in [-0.3, -0.25) is 0 Å². The average Bonchev–Trinajstić information content (AvgIpc) is 2.32. The molecule has 0 aliphatic heterocycles. The molecule has 0 aliphatic carbocycles. The van der Waals surface area contributed by atoms with E-state index in [-0.39, 0.29) is 0 Å². The largest absolute Gasteiger partial charge is 0.396 e. The quantitative estimate of drug-likeness (QED) is 0.883. The number of aryl methyl sites for hydroxylation is 1. The average molecular weight is 310 g/mol. The molecule has 1 aromatic heterocycles. The molecule has 0 radical (unpaired) electrons. The third-order valence-electron chi connectivity index (χ3n) is 2.26. The first-order chi connectivity index (χ1) is 8.16. The van der Waals surface area contributed by atoms with Gasteiger partial charge in [0.15, 0.2) is 0 Å². The van der Waals surface area contributed by atoms with Gasteiger partial charge in [0, 0.05) is 9.37 Å². The van der Waals surface area contributed by atoms with Gasteiger partial charge in [0.2, 0.25) is 0 Å². The zero-order valence-corrected chi connectivity index (χ0v) is 11.8. The monoisotopic (exact) mass is 309 g/mol. The van der Waals surface area contributed by atoms with Crippen molar-refractivity contribution in [3.63, 3.8) is 0 Å². The zero-order chi connectivity index (χ0) is 12.3. The number of aromatic nitrogens is 2. The zero-order valence-electron chi connectivity index (χ0n) is 9.35. The molecule has 88 valence electrons. The Kier molecular flexibility index (Phi) is 4.02. The second-order valence-corrected chi connectivity index (χ2v) is 5.42. The van der Waals surface area contributed by atoms with Crippen molar-refractivity contribution in [3.05, 3.63) is 46.5 Å². The highest BCUT2D eigenvalue weighted by molar-refractivity contribution is 9.10. The van der Waals surface area contributed by atoms with Gasteiger partial charge in [0.25, 0.3) is 0 Å². The number of nitrogens with zero attached hydrogens (tertiary/aromatic N) is 2. The first-order valence-corrected chi connectivity index (χ1v) is 6.90. The molecule has 0 amide bonds. The van der Waals surface area contributed by atoms with E-state index in [9.17, 15) is 0 Å². The van der Waals surface area contributed by atoms with E-state index in [0.29, 0.717) is 5.69 Å². The van der Waals surface area contributed by atoms with E-state index in [2.05, 4.69) is 32.0 Å². The van der Waals surface area contributed by atoms with Gasteiger partial charge in [-0.05, 0) is 35.0 Å². The fraction of sp³-hybridized carbons (Fsp3) is 0.167. The summed E-state index contributed by atoms with van der Waals surface area (Å²) in [6.45, 7) is 1.89. The second kappa shape index (κ2) is 5.51. The van der Waals surface area contributed by atoms with E-state index in [4.69, 9.17) is 5.73 Å². The fourth-order valence-electron chi connectivity index (χ4n) is 1.30. The molecule has 5 heteroatoms. The number of nitrogen functional groups attached to an aromatic ring is 1. The lowest BCUT2D eigenvalue weighted by Crippen LogP contribution is -1.99. The molecule has 0 aliphatic rings. The number of hydrogen-bond donors (Lipinski definition) is 1. The summed E-state index contributed by atoms with van der Waals surface area (Å²) in [5.41, 5.74) is 7.16. The van der Waals surface area contributed by atoms with Gasteiger partial charge >= 0.3 is 0 Å². The Bertz CT molecular complexity index is 531. The highest BCUT2D eigenvalue weighted by Gasteiger charge is 2.03. The first kappa shape index (κ1) is 12.4. The van der Waals surface area contributed by atoms with E-state index in [1.165, 1.54) is 4.90 Å². The molecule has 0 bridgehead atoms. The third-order valence-corrected chi connectivity index (χ3v) is 4.28. The Morgan fingerprint density at radius 1 is 1.35 bits per heavy atom. The van der Waals surface area contributed by atoms with Crippen molar-refractivity contribution in [2.24, 2.45) is 0 Å². The Morgan fingerprint density at radius 2 is 2.12 bits per heavy atom. The lowest BCUT2D eigenvalue weighted by atomic mass is 10.4. The van der Waals surface area contributed by atoms with Gasteiger partial charge in [-0.2, -0.15) is 0 Å². The van der Waals surface area contributed by atoms with E-state index in [1.807, 2.05) is 25.1 Å². The summed E-state index contributed by atoms with van der Waals surface area (Å²) in [4.78, 5) is 9.74. The molecule has 2 aromatic rings. The van der Waals surface area contributed by atoms with Crippen LogP contribution in [0.25, 0.3) is 0 Å². The summed E-state index contributed by atoms with van der Waals surface area (Å²) in [6.07, 6.45) is 1.66. The van der Waals surface area contributed by atoms with Gasteiger partial charge in [-0.1, -0.05) is 12.1 Å². The van der Waals surface area contributed by atoms with Crippen molar-refractivity contribution >= 4 is 33.4 Å². The Morgan fingerprint density at radius 3 is 2.82 bits per heavy atom. The van der Waals surface area contributed by atoms with Crippen molar-refractivity contribution in [2.75, 3.05) is 5.73 Å². The minimum atomic E-state index is 0.639. The van der Waals surface area contributed by atoms with Crippen molar-refractivity contribution < 1.29 is 0 Å². The smallest absolute Gasteiger partial charge is 0.138 e. The van der Waals surface area contributed by atoms with E-state index < -0.39 is 0 Å². The Labute approximate surface area is 113 Å². The van der Waals surface area contributed by atoms with Gasteiger partial charge < -0.3 is 5.73 Å². The summed E-state index contributed by atoms with van der Waals surface area (Å²) in [6, 6.07) is 8.11. The maximum absolute atomic E-state index is 5.68. The van der Waals surface area contributed by atoms with Crippen LogP contribution >= 0.6 is 27.7 Å². The third kappa shape index (κ3) is 3.20. The van der Waals surface area contributed by atoms with Gasteiger partial charge in [-0.25, -0.2) is 9.97 Å². The van der Waals surface area contributed by atoms with Crippen LogP contribution in [0.5, 0.6) is 0 Å². The van der Waals surface area contributed by atoms with Crippen LogP contribution < -0.4 is 5.73 Å². The van der Waals surface area contributed by atoms with E-state index >= 15 is 0 Å². The molecule has 0 unspecified atom stereocenters. The van der Waals surface area contributed by atoms with Crippen LogP contribution in [-0.4, -0.2) is 9.97 Å². The summed E-state index contributed by atoms with van der Waals surface area (Å²) in [5.74, 6) is 1.54. The number of thioether (sulfide) groups is 1. The van der Waals surface area contributed by atoms with Crippen LogP contribution in [-0.2, 0) is 5.75 Å². The van der Waals surface area contributed by atoms with Crippen LogP contribution in [0.1, 0.15) is 11.5 Å². The summed E-state index contributed by atoms with van der Waals surface area (Å²) >= 11 is 5.22. The first-order valence-electron chi connectivity index (χ1n) is 5.12. The summed E-state index contributed by atoms with van der Waals surface area (Å²) in [7, 11) is 0. The van der Waals surface area contributed by atoms with Crippen LogP contribution in [0.15, 0.2) is 39.8 Å². The lowest BCUT2D eigenvalue weighted by Gasteiger charge is -2.04. The van der Waals surface area contributed by atoms with Crippen molar-refractivity contribution in [3.8, 4) is 0 Å². The van der Waals surface area contributed by atoms with Crippen LogP contribution in [0.4, 0.5) is 5.69 Å². The Hall–Kier alpha value is -1.07. The number of benzene rings is 1. The van der Waals surface area contributed by atoms with E-state index in [1.54, 1.807) is 18.0 Å². The number of hydrogen-bond acceptors (Lipinski definition) is 4. The summed E-state index contributed by atoms with van der Waals surface area (Å²) < 4.78 is 1.09. The van der Waals surface area contributed by atoms with Crippen LogP contribution in [0, 0.1) is 6.92 Å². The topological polar surface area (TPSA) is 51.8 Å². The number of nitrogens with two attached hydrogens (primary N) is 1. The number of halogens is 1.